The van der Waals surface area contributed by atoms with Crippen LogP contribution in [0, 0.1) is 0 Å². The maximum absolute atomic E-state index is 13.8. The monoisotopic (exact) mass is 460 g/mol. The van der Waals surface area contributed by atoms with Gasteiger partial charge in [-0.25, -0.2) is 18.3 Å². The van der Waals surface area contributed by atoms with Crippen LogP contribution >= 0.6 is 11.6 Å². The number of nitrogens with zero attached hydrogens (tertiary/aromatic N) is 5. The van der Waals surface area contributed by atoms with E-state index in [2.05, 4.69) is 20.5 Å². The number of alkyl halides is 2. The molecular weight excluding hydrogens is 442 g/mol. The van der Waals surface area contributed by atoms with Crippen molar-refractivity contribution >= 4 is 23.2 Å². The third-order valence-electron chi connectivity index (χ3n) is 4.88. The largest absolute Gasteiger partial charge is 0.496 e. The number of carbonyl (C=O) groups is 1. The number of hydrogen-bond donors (Lipinski definition) is 1. The topological polar surface area (TPSA) is 86.3 Å². The molecule has 0 spiro atoms. The highest BCUT2D eigenvalue weighted by Crippen LogP contribution is 2.32. The first-order chi connectivity index (χ1) is 15.4. The van der Waals surface area contributed by atoms with Crippen LogP contribution in [0.2, 0.25) is 5.02 Å². The van der Waals surface area contributed by atoms with Crippen molar-refractivity contribution in [3.8, 4) is 17.0 Å². The number of benzene rings is 1. The third-order valence-corrected chi connectivity index (χ3v) is 5.19. The molecular formula is C21H19ClF2N6O2. The Labute approximate surface area is 186 Å². The first-order valence-corrected chi connectivity index (χ1v) is 10.1. The lowest BCUT2D eigenvalue weighted by atomic mass is 10.1. The summed E-state index contributed by atoms with van der Waals surface area (Å²) in [5.74, 6) is -0.0664. The van der Waals surface area contributed by atoms with Crippen LogP contribution in [-0.4, -0.2) is 37.4 Å². The zero-order valence-electron chi connectivity index (χ0n) is 17.2. The van der Waals surface area contributed by atoms with E-state index in [9.17, 15) is 13.6 Å². The summed E-state index contributed by atoms with van der Waals surface area (Å²) in [6.45, 7) is 2.61. The van der Waals surface area contributed by atoms with Crippen LogP contribution in [0.3, 0.4) is 0 Å². The fourth-order valence-corrected chi connectivity index (χ4v) is 3.49. The van der Waals surface area contributed by atoms with Crippen molar-refractivity contribution in [2.45, 2.75) is 26.4 Å². The second-order valence-electron chi connectivity index (χ2n) is 6.82. The van der Waals surface area contributed by atoms with E-state index < -0.39 is 12.3 Å². The highest BCUT2D eigenvalue weighted by atomic mass is 35.5. The van der Waals surface area contributed by atoms with E-state index >= 15 is 0 Å². The molecule has 1 amide bonds. The van der Waals surface area contributed by atoms with E-state index in [0.29, 0.717) is 28.6 Å². The summed E-state index contributed by atoms with van der Waals surface area (Å²) in [4.78, 5) is 17.3. The molecule has 0 atom stereocenters. The van der Waals surface area contributed by atoms with Gasteiger partial charge in [0.15, 0.2) is 5.65 Å². The summed E-state index contributed by atoms with van der Waals surface area (Å²) >= 11 is 6.14. The number of hydrogen-bond acceptors (Lipinski definition) is 5. The number of methoxy groups -OCH3 is 1. The molecule has 0 bridgehead atoms. The van der Waals surface area contributed by atoms with Gasteiger partial charge in [-0.1, -0.05) is 23.7 Å². The number of rotatable bonds is 7. The molecule has 11 heteroatoms. The molecule has 4 aromatic rings. The van der Waals surface area contributed by atoms with Crippen LogP contribution in [0.4, 0.5) is 8.78 Å². The molecule has 166 valence electrons. The number of para-hydroxylation sites is 1. The number of carbonyl (C=O) groups excluding carboxylic acids is 1. The van der Waals surface area contributed by atoms with Gasteiger partial charge in [-0.2, -0.15) is 10.2 Å². The molecule has 3 aromatic heterocycles. The van der Waals surface area contributed by atoms with Crippen molar-refractivity contribution in [3.63, 3.8) is 0 Å². The van der Waals surface area contributed by atoms with Gasteiger partial charge in [-0.3, -0.25) is 9.48 Å². The molecule has 4 rings (SSSR count). The molecule has 0 aliphatic heterocycles. The summed E-state index contributed by atoms with van der Waals surface area (Å²) in [7, 11) is 1.48. The number of amides is 1. The Morgan fingerprint density at radius 2 is 2.09 bits per heavy atom. The van der Waals surface area contributed by atoms with E-state index in [-0.39, 0.29) is 29.1 Å². The summed E-state index contributed by atoms with van der Waals surface area (Å²) < 4.78 is 35.5. The molecule has 8 nitrogen and oxygen atoms in total. The van der Waals surface area contributed by atoms with Crippen molar-refractivity contribution < 1.29 is 18.3 Å². The molecule has 0 saturated carbocycles. The second-order valence-corrected chi connectivity index (χ2v) is 7.23. The summed E-state index contributed by atoms with van der Waals surface area (Å²) in [6, 6.07) is 8.15. The van der Waals surface area contributed by atoms with Crippen molar-refractivity contribution in [2.75, 3.05) is 7.11 Å². The second kappa shape index (κ2) is 8.91. The average molecular weight is 461 g/mol. The van der Waals surface area contributed by atoms with Crippen LogP contribution in [0.1, 0.15) is 35.1 Å². The predicted octanol–water partition coefficient (Wildman–Crippen LogP) is 4.14. The molecule has 1 N–H and O–H groups in total. The average Bonchev–Trinajstić information content (AvgIpc) is 3.39. The number of aromatic nitrogens is 5. The Morgan fingerprint density at radius 1 is 1.31 bits per heavy atom. The summed E-state index contributed by atoms with van der Waals surface area (Å²) in [5, 5.41) is 11.4. The van der Waals surface area contributed by atoms with Crippen LogP contribution in [0.15, 0.2) is 42.7 Å². The molecule has 0 unspecified atom stereocenters. The standard InChI is InChI=1S/C21H19ClF2N6O2/c1-3-29-11-14(22)16(28-29)10-25-21(31)13-9-26-30-17(19(23)24)8-15(27-20(13)30)12-6-4-5-7-18(12)32-2/h4-9,11,19H,3,10H2,1-2H3,(H,25,31). The molecule has 0 aliphatic rings. The fraction of sp³-hybridized carbons (Fsp3) is 0.238. The van der Waals surface area contributed by atoms with Crippen molar-refractivity contribution in [2.24, 2.45) is 0 Å². The van der Waals surface area contributed by atoms with E-state index in [1.165, 1.54) is 19.4 Å². The zero-order valence-corrected chi connectivity index (χ0v) is 18.0. The minimum absolute atomic E-state index is 0.00592. The molecule has 1 aromatic carbocycles. The quantitative estimate of drug-likeness (QED) is 0.448. The van der Waals surface area contributed by atoms with Gasteiger partial charge in [-0.15, -0.1) is 0 Å². The first kappa shape index (κ1) is 21.7. The molecule has 32 heavy (non-hydrogen) atoms. The Bertz CT molecular complexity index is 1290. The van der Waals surface area contributed by atoms with Gasteiger partial charge >= 0.3 is 0 Å². The normalized spacial score (nSPS) is 11.3. The Kier molecular flexibility index (Phi) is 6.04. The summed E-state index contributed by atoms with van der Waals surface area (Å²) in [6.07, 6.45) is 0.0393. The van der Waals surface area contributed by atoms with Gasteiger partial charge in [0, 0.05) is 18.3 Å². The highest BCUT2D eigenvalue weighted by molar-refractivity contribution is 6.31. The Morgan fingerprint density at radius 3 is 2.78 bits per heavy atom. The number of halogens is 3. The molecule has 0 radical (unpaired) electrons. The Hall–Kier alpha value is -3.53. The number of fused-ring (bicyclic) bond motifs is 1. The van der Waals surface area contributed by atoms with Gasteiger partial charge in [0.05, 0.1) is 30.6 Å². The van der Waals surface area contributed by atoms with Gasteiger partial charge in [0.1, 0.15) is 22.7 Å². The molecule has 0 saturated heterocycles. The minimum atomic E-state index is -2.83. The third kappa shape index (κ3) is 4.01. The first-order valence-electron chi connectivity index (χ1n) is 9.73. The van der Waals surface area contributed by atoms with Crippen LogP contribution in [-0.2, 0) is 13.1 Å². The zero-order chi connectivity index (χ0) is 22.8. The van der Waals surface area contributed by atoms with E-state index in [1.807, 2.05) is 6.92 Å². The number of nitrogens with one attached hydrogen (secondary N) is 1. The van der Waals surface area contributed by atoms with Crippen molar-refractivity contribution in [1.29, 1.82) is 0 Å². The maximum Gasteiger partial charge on any atom is 0.280 e. The molecule has 0 aliphatic carbocycles. The van der Waals surface area contributed by atoms with E-state index in [0.717, 1.165) is 4.52 Å². The number of aryl methyl sites for hydroxylation is 1. The van der Waals surface area contributed by atoms with Crippen molar-refractivity contribution in [1.82, 2.24) is 29.7 Å². The molecule has 0 fully saturated rings. The van der Waals surface area contributed by atoms with Crippen LogP contribution in [0.25, 0.3) is 16.9 Å². The fourth-order valence-electron chi connectivity index (χ4n) is 3.27. The Balaban J connectivity index is 1.73. The maximum atomic E-state index is 13.8. The number of ether oxygens (including phenoxy) is 1. The predicted molar refractivity (Wildman–Crippen MR) is 114 cm³/mol. The summed E-state index contributed by atoms with van der Waals surface area (Å²) in [5.41, 5.74) is 0.920. The van der Waals surface area contributed by atoms with Crippen LogP contribution in [0.5, 0.6) is 5.75 Å². The van der Waals surface area contributed by atoms with Gasteiger partial charge in [0.2, 0.25) is 0 Å². The van der Waals surface area contributed by atoms with Crippen molar-refractivity contribution in [3.05, 3.63) is 64.7 Å². The van der Waals surface area contributed by atoms with E-state index in [1.54, 1.807) is 35.1 Å². The minimum Gasteiger partial charge on any atom is -0.496 e. The SMILES string of the molecule is CCn1cc(Cl)c(CNC(=O)c2cnn3c(C(F)F)cc(-c4ccccc4OC)nc23)n1. The van der Waals surface area contributed by atoms with E-state index in [4.69, 9.17) is 16.3 Å². The lowest BCUT2D eigenvalue weighted by Gasteiger charge is -2.11. The smallest absolute Gasteiger partial charge is 0.280 e. The lowest BCUT2D eigenvalue weighted by Crippen LogP contribution is -2.23. The lowest BCUT2D eigenvalue weighted by molar-refractivity contribution is 0.0951. The highest BCUT2D eigenvalue weighted by Gasteiger charge is 2.22. The van der Waals surface area contributed by atoms with Crippen LogP contribution < -0.4 is 10.1 Å². The van der Waals surface area contributed by atoms with Gasteiger partial charge < -0.3 is 10.1 Å². The molecule has 3 heterocycles. The van der Waals surface area contributed by atoms with Gasteiger partial charge in [0.25, 0.3) is 12.3 Å². The van der Waals surface area contributed by atoms with Gasteiger partial charge in [-0.05, 0) is 25.1 Å².